The van der Waals surface area contributed by atoms with Crippen LogP contribution in [0, 0.1) is 6.92 Å². The molecule has 1 unspecified atom stereocenters. The molecule has 0 aliphatic rings. The third-order valence-electron chi connectivity index (χ3n) is 1.36. The van der Waals surface area contributed by atoms with Gasteiger partial charge in [0.15, 0.2) is 0 Å². The third-order valence-corrected chi connectivity index (χ3v) is 1.77. The second kappa shape index (κ2) is 9.71. The maximum Gasteiger partial charge on any atom is 0.0775 e. The number of hydrogen-bond acceptors (Lipinski definition) is 2. The van der Waals surface area contributed by atoms with E-state index in [2.05, 4.69) is 29.4 Å². The van der Waals surface area contributed by atoms with Crippen LogP contribution in [0.15, 0.2) is 22.7 Å². The third kappa shape index (κ3) is 10.3. The fourth-order valence-corrected chi connectivity index (χ4v) is 0.944. The van der Waals surface area contributed by atoms with Gasteiger partial charge in [-0.3, -0.25) is 0 Å². The van der Waals surface area contributed by atoms with E-state index in [1.54, 1.807) is 6.08 Å². The summed E-state index contributed by atoms with van der Waals surface area (Å²) in [5.41, 5.74) is 1.43. The van der Waals surface area contributed by atoms with Gasteiger partial charge in [-0.2, -0.15) is 0 Å². The van der Waals surface area contributed by atoms with Gasteiger partial charge in [-0.1, -0.05) is 34.1 Å². The molecule has 0 rings (SSSR count). The molecule has 0 N–H and O–H groups in total. The van der Waals surface area contributed by atoms with Gasteiger partial charge in [0.25, 0.3) is 0 Å². The standard InChI is InChI=1S/C10H15BrClO2/c1-9(11)8-13-7-4-10(2)14-6-3-5-12/h3,5,10H,1-2,4,6-8H2. The molecule has 0 heterocycles. The van der Waals surface area contributed by atoms with Crippen LogP contribution in [-0.4, -0.2) is 25.9 Å². The minimum absolute atomic E-state index is 0.0635. The molecule has 0 aromatic heterocycles. The summed E-state index contributed by atoms with van der Waals surface area (Å²) in [6, 6.07) is 0. The van der Waals surface area contributed by atoms with Crippen molar-refractivity contribution >= 4 is 27.5 Å². The Morgan fingerprint density at radius 3 is 2.86 bits per heavy atom. The molecule has 0 aromatic carbocycles. The van der Waals surface area contributed by atoms with Gasteiger partial charge in [0.1, 0.15) is 0 Å². The summed E-state index contributed by atoms with van der Waals surface area (Å²) in [7, 11) is 0. The van der Waals surface area contributed by atoms with Crippen molar-refractivity contribution in [2.24, 2.45) is 0 Å². The quantitative estimate of drug-likeness (QED) is 0.636. The van der Waals surface area contributed by atoms with Crippen LogP contribution in [0.2, 0.25) is 0 Å². The molecule has 0 spiro atoms. The lowest BCUT2D eigenvalue weighted by Crippen LogP contribution is -2.12. The van der Waals surface area contributed by atoms with E-state index in [0.29, 0.717) is 19.8 Å². The number of hydrogen-bond donors (Lipinski definition) is 0. The molecule has 0 bridgehead atoms. The summed E-state index contributed by atoms with van der Waals surface area (Å²) in [4.78, 5) is 0. The van der Waals surface area contributed by atoms with Crippen molar-refractivity contribution in [3.63, 3.8) is 0 Å². The summed E-state index contributed by atoms with van der Waals surface area (Å²) in [6.07, 6.45) is 2.42. The van der Waals surface area contributed by atoms with Crippen molar-refractivity contribution in [1.82, 2.24) is 0 Å². The number of rotatable bonds is 8. The van der Waals surface area contributed by atoms with Crippen molar-refractivity contribution in [3.05, 3.63) is 29.6 Å². The van der Waals surface area contributed by atoms with Crippen LogP contribution in [0.4, 0.5) is 0 Å². The molecule has 0 saturated carbocycles. The highest BCUT2D eigenvalue weighted by molar-refractivity contribution is 9.11. The molecule has 14 heavy (non-hydrogen) atoms. The fourth-order valence-electron chi connectivity index (χ4n) is 0.709. The van der Waals surface area contributed by atoms with E-state index in [4.69, 9.17) is 21.1 Å². The Morgan fingerprint density at radius 2 is 2.29 bits per heavy atom. The molecule has 81 valence electrons. The van der Waals surface area contributed by atoms with Crippen LogP contribution in [0.5, 0.6) is 0 Å². The van der Waals surface area contributed by atoms with Gasteiger partial charge < -0.3 is 9.47 Å². The average Bonchev–Trinajstić information content (AvgIpc) is 2.13. The zero-order valence-electron chi connectivity index (χ0n) is 8.05. The molecule has 4 heteroatoms. The van der Waals surface area contributed by atoms with Crippen LogP contribution in [0.3, 0.4) is 0 Å². The Labute approximate surface area is 99.0 Å². The molecular formula is C10H15BrClO2. The maximum absolute atomic E-state index is 5.33. The summed E-state index contributed by atoms with van der Waals surface area (Å²) < 4.78 is 11.4. The second-order valence-corrected chi connectivity index (χ2v) is 4.05. The van der Waals surface area contributed by atoms with E-state index >= 15 is 0 Å². The SMILES string of the molecule is [CH2]C(CCOCC(=C)Br)OCC=CCl. The van der Waals surface area contributed by atoms with E-state index in [-0.39, 0.29) is 6.10 Å². The molecule has 0 aliphatic carbocycles. The van der Waals surface area contributed by atoms with Gasteiger partial charge in [0, 0.05) is 16.6 Å². The normalized spacial score (nSPS) is 13.4. The molecule has 1 atom stereocenters. The van der Waals surface area contributed by atoms with Crippen molar-refractivity contribution < 1.29 is 9.47 Å². The lowest BCUT2D eigenvalue weighted by atomic mass is 10.3. The Balaban J connectivity index is 3.26. The van der Waals surface area contributed by atoms with Gasteiger partial charge in [-0.15, -0.1) is 0 Å². The molecule has 0 amide bonds. The first-order valence-corrected chi connectivity index (χ1v) is 5.50. The molecule has 0 fully saturated rings. The van der Waals surface area contributed by atoms with Crippen molar-refractivity contribution in [2.75, 3.05) is 19.8 Å². The van der Waals surface area contributed by atoms with E-state index in [1.165, 1.54) is 5.54 Å². The fraction of sp³-hybridized carbons (Fsp3) is 0.500. The van der Waals surface area contributed by atoms with Gasteiger partial charge >= 0.3 is 0 Å². The Morgan fingerprint density at radius 1 is 1.57 bits per heavy atom. The zero-order chi connectivity index (χ0) is 10.8. The maximum atomic E-state index is 5.33. The highest BCUT2D eigenvalue weighted by atomic mass is 79.9. The monoisotopic (exact) mass is 281 g/mol. The van der Waals surface area contributed by atoms with Crippen molar-refractivity contribution in [3.8, 4) is 0 Å². The summed E-state index contributed by atoms with van der Waals surface area (Å²) in [5.74, 6) is 0. The minimum Gasteiger partial charge on any atom is -0.376 e. The summed E-state index contributed by atoms with van der Waals surface area (Å²) >= 11 is 8.53. The van der Waals surface area contributed by atoms with Gasteiger partial charge in [-0.05, 0) is 19.4 Å². The molecule has 1 radical (unpaired) electrons. The highest BCUT2D eigenvalue weighted by Gasteiger charge is 2.00. The van der Waals surface area contributed by atoms with Gasteiger partial charge in [0.2, 0.25) is 0 Å². The van der Waals surface area contributed by atoms with Crippen LogP contribution in [0.1, 0.15) is 6.42 Å². The Kier molecular flexibility index (Phi) is 9.83. The average molecular weight is 283 g/mol. The molecule has 2 nitrogen and oxygen atoms in total. The van der Waals surface area contributed by atoms with Crippen molar-refractivity contribution in [2.45, 2.75) is 12.5 Å². The first kappa shape index (κ1) is 14.2. The van der Waals surface area contributed by atoms with Crippen LogP contribution >= 0.6 is 27.5 Å². The van der Waals surface area contributed by atoms with Crippen LogP contribution < -0.4 is 0 Å². The van der Waals surface area contributed by atoms with Crippen LogP contribution in [0.25, 0.3) is 0 Å². The lowest BCUT2D eigenvalue weighted by Gasteiger charge is -2.11. The zero-order valence-corrected chi connectivity index (χ0v) is 10.4. The number of halogens is 2. The second-order valence-electron chi connectivity index (χ2n) is 2.68. The minimum atomic E-state index is -0.0635. The summed E-state index contributed by atoms with van der Waals surface area (Å²) in [5, 5.41) is 0. The van der Waals surface area contributed by atoms with Crippen molar-refractivity contribution in [1.29, 1.82) is 0 Å². The van der Waals surface area contributed by atoms with E-state index in [1.807, 2.05) is 0 Å². The number of ether oxygens (including phenoxy) is 2. The topological polar surface area (TPSA) is 18.5 Å². The lowest BCUT2D eigenvalue weighted by molar-refractivity contribution is 0.0658. The predicted octanol–water partition coefficient (Wildman–Crippen LogP) is 3.27. The van der Waals surface area contributed by atoms with Crippen LogP contribution in [-0.2, 0) is 9.47 Å². The van der Waals surface area contributed by atoms with E-state index in [9.17, 15) is 0 Å². The molecule has 0 aliphatic heterocycles. The molecular weight excluding hydrogens is 267 g/mol. The highest BCUT2D eigenvalue weighted by Crippen LogP contribution is 2.02. The van der Waals surface area contributed by atoms with Gasteiger partial charge in [0.05, 0.1) is 19.3 Å². The first-order valence-electron chi connectivity index (χ1n) is 4.27. The van der Waals surface area contributed by atoms with E-state index in [0.717, 1.165) is 10.9 Å². The molecule has 0 saturated heterocycles. The predicted molar refractivity (Wildman–Crippen MR) is 63.6 cm³/mol. The summed E-state index contributed by atoms with van der Waals surface area (Å²) in [6.45, 7) is 9.09. The van der Waals surface area contributed by atoms with Gasteiger partial charge in [-0.25, -0.2) is 0 Å². The van der Waals surface area contributed by atoms with E-state index < -0.39 is 0 Å². The first-order chi connectivity index (χ1) is 6.66. The molecule has 0 aromatic rings. The Bertz CT molecular complexity index is 183. The smallest absolute Gasteiger partial charge is 0.0775 e. The Hall–Kier alpha value is 0.170. The largest absolute Gasteiger partial charge is 0.376 e.